The van der Waals surface area contributed by atoms with Gasteiger partial charge in [-0.05, 0) is 67.5 Å². The summed E-state index contributed by atoms with van der Waals surface area (Å²) in [5.41, 5.74) is 1.95. The molecule has 2 aromatic carbocycles. The van der Waals surface area contributed by atoms with Gasteiger partial charge in [0.2, 0.25) is 15.9 Å². The van der Waals surface area contributed by atoms with E-state index >= 15 is 0 Å². The number of ether oxygens (including phenoxy) is 3. The Bertz CT molecular complexity index is 1320. The van der Waals surface area contributed by atoms with Crippen molar-refractivity contribution in [2.45, 2.75) is 43.7 Å². The first-order chi connectivity index (χ1) is 18.8. The molecule has 1 aliphatic heterocycles. The lowest BCUT2D eigenvalue weighted by Gasteiger charge is -2.28. The molecule has 0 saturated carbocycles. The van der Waals surface area contributed by atoms with E-state index in [1.165, 1.54) is 4.31 Å². The molecule has 0 radical (unpaired) electrons. The van der Waals surface area contributed by atoms with Gasteiger partial charge in [-0.3, -0.25) is 4.79 Å². The molecule has 1 saturated heterocycles. The molecule has 39 heavy (non-hydrogen) atoms. The molecule has 0 spiro atoms. The minimum absolute atomic E-state index is 0.143. The molecule has 210 valence electrons. The number of thiophene rings is 1. The van der Waals surface area contributed by atoms with Gasteiger partial charge in [0.1, 0.15) is 0 Å². The standard InChI is InChI=1S/C29H36N2O6S2/c1-22-8-11-26(12-9-22)39(33,34)31(19-24-6-4-16-37-24)21-29(32)30(20-25-7-5-17-38-25)15-14-23-10-13-27(35-2)28(18-23)36-3/h5,7-13,17-18,24H,4,6,14-16,19-21H2,1-3H3. The van der Waals surface area contributed by atoms with Crippen LogP contribution in [0.3, 0.4) is 0 Å². The fourth-order valence-electron chi connectivity index (χ4n) is 4.56. The van der Waals surface area contributed by atoms with Crippen molar-refractivity contribution in [3.05, 3.63) is 76.0 Å². The second-order valence-corrected chi connectivity index (χ2v) is 12.5. The third-order valence-electron chi connectivity index (χ3n) is 6.80. The fourth-order valence-corrected chi connectivity index (χ4v) is 6.70. The number of hydrogen-bond donors (Lipinski definition) is 0. The maximum atomic E-state index is 13.8. The van der Waals surface area contributed by atoms with Crippen LogP contribution in [0.2, 0.25) is 0 Å². The van der Waals surface area contributed by atoms with Crippen LogP contribution in [0.25, 0.3) is 0 Å². The average Bonchev–Trinajstić information content (AvgIpc) is 3.65. The average molecular weight is 573 g/mol. The number of rotatable bonds is 13. The Morgan fingerprint density at radius 2 is 1.85 bits per heavy atom. The van der Waals surface area contributed by atoms with Crippen LogP contribution in [-0.4, -0.2) is 70.1 Å². The maximum absolute atomic E-state index is 13.8. The van der Waals surface area contributed by atoms with Gasteiger partial charge in [-0.15, -0.1) is 11.3 Å². The smallest absolute Gasteiger partial charge is 0.243 e. The van der Waals surface area contributed by atoms with Crippen molar-refractivity contribution >= 4 is 27.3 Å². The number of sulfonamides is 1. The number of carbonyl (C=O) groups is 1. The highest BCUT2D eigenvalue weighted by Crippen LogP contribution is 2.28. The first kappa shape index (κ1) is 29.1. The summed E-state index contributed by atoms with van der Waals surface area (Å²) in [5.74, 6) is 1.01. The summed E-state index contributed by atoms with van der Waals surface area (Å²) in [4.78, 5) is 16.7. The predicted molar refractivity (Wildman–Crippen MR) is 152 cm³/mol. The molecule has 0 aliphatic carbocycles. The summed E-state index contributed by atoms with van der Waals surface area (Å²) < 4.78 is 45.2. The SMILES string of the molecule is COc1ccc(CCN(Cc2cccs2)C(=O)CN(CC2CCCO2)S(=O)(=O)c2ccc(C)cc2)cc1OC. The van der Waals surface area contributed by atoms with E-state index in [-0.39, 0.29) is 30.0 Å². The molecule has 3 aromatic rings. The molecular formula is C29H36N2O6S2. The van der Waals surface area contributed by atoms with Crippen molar-refractivity contribution in [3.8, 4) is 11.5 Å². The number of nitrogens with zero attached hydrogens (tertiary/aromatic N) is 2. The summed E-state index contributed by atoms with van der Waals surface area (Å²) in [6, 6.07) is 16.3. The zero-order valence-corrected chi connectivity index (χ0v) is 24.3. The molecule has 1 aromatic heterocycles. The first-order valence-electron chi connectivity index (χ1n) is 13.0. The van der Waals surface area contributed by atoms with Gasteiger partial charge in [-0.1, -0.05) is 29.8 Å². The fraction of sp³-hybridized carbons (Fsp3) is 0.414. The second kappa shape index (κ2) is 13.4. The number of hydrogen-bond acceptors (Lipinski definition) is 7. The molecule has 1 fully saturated rings. The van der Waals surface area contributed by atoms with Crippen molar-refractivity contribution in [1.82, 2.24) is 9.21 Å². The molecule has 4 rings (SSSR count). The zero-order chi connectivity index (χ0) is 27.8. The molecule has 1 aliphatic rings. The van der Waals surface area contributed by atoms with E-state index in [4.69, 9.17) is 14.2 Å². The Hall–Kier alpha value is -2.92. The number of aryl methyl sites for hydroxylation is 1. The third-order valence-corrected chi connectivity index (χ3v) is 9.49. The first-order valence-corrected chi connectivity index (χ1v) is 15.3. The summed E-state index contributed by atoms with van der Waals surface area (Å²) in [5, 5.41) is 1.97. The van der Waals surface area contributed by atoms with E-state index in [1.807, 2.05) is 42.6 Å². The summed E-state index contributed by atoms with van der Waals surface area (Å²) >= 11 is 1.57. The third kappa shape index (κ3) is 7.60. The van der Waals surface area contributed by atoms with Gasteiger partial charge >= 0.3 is 0 Å². The van der Waals surface area contributed by atoms with Gasteiger partial charge in [0.05, 0.1) is 38.3 Å². The highest BCUT2D eigenvalue weighted by Gasteiger charge is 2.32. The number of benzene rings is 2. The van der Waals surface area contributed by atoms with Crippen LogP contribution in [0.15, 0.2) is 64.9 Å². The monoisotopic (exact) mass is 572 g/mol. The molecule has 10 heteroatoms. The second-order valence-electron chi connectivity index (χ2n) is 9.58. The topological polar surface area (TPSA) is 85.4 Å². The van der Waals surface area contributed by atoms with Crippen LogP contribution in [0.1, 0.15) is 28.8 Å². The maximum Gasteiger partial charge on any atom is 0.243 e. The van der Waals surface area contributed by atoms with E-state index in [1.54, 1.807) is 54.7 Å². The number of carbonyl (C=O) groups excluding carboxylic acids is 1. The van der Waals surface area contributed by atoms with Gasteiger partial charge in [-0.25, -0.2) is 8.42 Å². The number of amides is 1. The summed E-state index contributed by atoms with van der Waals surface area (Å²) in [6.07, 6.45) is 2.00. The molecule has 8 nitrogen and oxygen atoms in total. The van der Waals surface area contributed by atoms with E-state index in [0.29, 0.717) is 37.6 Å². The van der Waals surface area contributed by atoms with Crippen molar-refractivity contribution in [2.24, 2.45) is 0 Å². The minimum Gasteiger partial charge on any atom is -0.493 e. The van der Waals surface area contributed by atoms with Crippen LogP contribution in [-0.2, 0) is 32.5 Å². The normalized spacial score (nSPS) is 15.4. The van der Waals surface area contributed by atoms with Gasteiger partial charge in [0.15, 0.2) is 11.5 Å². The van der Waals surface area contributed by atoms with Crippen molar-refractivity contribution in [2.75, 3.05) is 40.5 Å². The van der Waals surface area contributed by atoms with Crippen LogP contribution < -0.4 is 9.47 Å². The van der Waals surface area contributed by atoms with Gasteiger partial charge in [0, 0.05) is 24.6 Å². The number of methoxy groups -OCH3 is 2. The van der Waals surface area contributed by atoms with Crippen LogP contribution >= 0.6 is 11.3 Å². The lowest BCUT2D eigenvalue weighted by Crippen LogP contribution is -2.45. The summed E-state index contributed by atoms with van der Waals surface area (Å²) in [6.45, 7) is 3.22. The van der Waals surface area contributed by atoms with E-state index in [0.717, 1.165) is 28.8 Å². The highest BCUT2D eigenvalue weighted by molar-refractivity contribution is 7.89. The Labute approximate surface area is 235 Å². The van der Waals surface area contributed by atoms with E-state index < -0.39 is 10.0 Å². The van der Waals surface area contributed by atoms with Gasteiger partial charge < -0.3 is 19.1 Å². The van der Waals surface area contributed by atoms with Crippen LogP contribution in [0.5, 0.6) is 11.5 Å². The van der Waals surface area contributed by atoms with E-state index in [2.05, 4.69) is 0 Å². The molecular weight excluding hydrogens is 536 g/mol. The van der Waals surface area contributed by atoms with Crippen LogP contribution in [0, 0.1) is 6.92 Å². The Morgan fingerprint density at radius 1 is 1.08 bits per heavy atom. The molecule has 2 heterocycles. The quantitative estimate of drug-likeness (QED) is 0.300. The zero-order valence-electron chi connectivity index (χ0n) is 22.7. The molecule has 0 N–H and O–H groups in total. The van der Waals surface area contributed by atoms with Crippen LogP contribution in [0.4, 0.5) is 0 Å². The van der Waals surface area contributed by atoms with Crippen molar-refractivity contribution in [3.63, 3.8) is 0 Å². The predicted octanol–water partition coefficient (Wildman–Crippen LogP) is 4.51. The highest BCUT2D eigenvalue weighted by atomic mass is 32.2. The van der Waals surface area contributed by atoms with Gasteiger partial charge in [-0.2, -0.15) is 4.31 Å². The Kier molecular flexibility index (Phi) is 10.0. The molecule has 1 unspecified atom stereocenters. The van der Waals surface area contributed by atoms with E-state index in [9.17, 15) is 13.2 Å². The lowest BCUT2D eigenvalue weighted by molar-refractivity contribution is -0.132. The Balaban J connectivity index is 1.55. The van der Waals surface area contributed by atoms with Crippen molar-refractivity contribution in [1.29, 1.82) is 0 Å². The minimum atomic E-state index is -3.90. The largest absolute Gasteiger partial charge is 0.493 e. The van der Waals surface area contributed by atoms with Gasteiger partial charge in [0.25, 0.3) is 0 Å². The molecule has 0 bridgehead atoms. The molecule has 1 amide bonds. The Morgan fingerprint density at radius 3 is 2.49 bits per heavy atom. The molecule has 1 atom stereocenters. The summed E-state index contributed by atoms with van der Waals surface area (Å²) in [7, 11) is -0.724. The van der Waals surface area contributed by atoms with Crippen molar-refractivity contribution < 1.29 is 27.4 Å². The lowest BCUT2D eigenvalue weighted by atomic mass is 10.1.